The molecule has 2 unspecified atom stereocenters. The van der Waals surface area contributed by atoms with Crippen molar-refractivity contribution in [2.45, 2.75) is 25.4 Å². The first-order valence-corrected chi connectivity index (χ1v) is 7.66. The van der Waals surface area contributed by atoms with Gasteiger partial charge in [-0.15, -0.1) is 0 Å². The highest BCUT2D eigenvalue weighted by molar-refractivity contribution is 5.51. The zero-order chi connectivity index (χ0) is 14.9. The third kappa shape index (κ3) is 2.50. The Morgan fingerprint density at radius 1 is 1.14 bits per heavy atom. The van der Waals surface area contributed by atoms with Crippen molar-refractivity contribution in [2.75, 3.05) is 13.4 Å². The van der Waals surface area contributed by atoms with Crippen molar-refractivity contribution >= 4 is 0 Å². The average molecular weight is 297 g/mol. The Hall–Kier alpha value is -2.20. The molecule has 114 valence electrons. The second kappa shape index (κ2) is 5.54. The Morgan fingerprint density at radius 2 is 1.91 bits per heavy atom. The highest BCUT2D eigenvalue weighted by Gasteiger charge is 2.28. The van der Waals surface area contributed by atoms with Gasteiger partial charge in [0, 0.05) is 6.04 Å². The van der Waals surface area contributed by atoms with Crippen LogP contribution in [0.4, 0.5) is 0 Å². The van der Waals surface area contributed by atoms with Gasteiger partial charge in [-0.2, -0.15) is 0 Å². The number of nitrogens with one attached hydrogen (secondary N) is 1. The molecule has 2 heterocycles. The van der Waals surface area contributed by atoms with Gasteiger partial charge in [-0.25, -0.2) is 0 Å². The van der Waals surface area contributed by atoms with Crippen LogP contribution in [0.15, 0.2) is 42.5 Å². The molecule has 2 aromatic carbocycles. The molecule has 0 spiro atoms. The highest BCUT2D eigenvalue weighted by Crippen LogP contribution is 2.39. The van der Waals surface area contributed by atoms with E-state index in [2.05, 4.69) is 24.4 Å². The first-order valence-electron chi connectivity index (χ1n) is 7.66. The minimum atomic E-state index is 0.161. The zero-order valence-electron chi connectivity index (χ0n) is 12.5. The van der Waals surface area contributed by atoms with Gasteiger partial charge in [0.05, 0.1) is 6.04 Å². The zero-order valence-corrected chi connectivity index (χ0v) is 12.5. The second-order valence-electron chi connectivity index (χ2n) is 5.85. The van der Waals surface area contributed by atoms with Gasteiger partial charge in [0.1, 0.15) is 12.4 Å². The standard InChI is InChI=1S/C18H19NO3/c1-12-7-13-8-17-18(22-11-21-17)9-15(13)16(19-12)10-20-14-5-3-2-4-6-14/h2-6,8-9,12,16,19H,7,10-11H2,1H3. The van der Waals surface area contributed by atoms with Gasteiger partial charge in [-0.1, -0.05) is 18.2 Å². The molecule has 0 saturated heterocycles. The first-order chi connectivity index (χ1) is 10.8. The normalized spacial score (nSPS) is 22.2. The fourth-order valence-electron chi connectivity index (χ4n) is 3.16. The lowest BCUT2D eigenvalue weighted by atomic mass is 9.90. The number of para-hydroxylation sites is 1. The van der Waals surface area contributed by atoms with E-state index in [-0.39, 0.29) is 6.04 Å². The van der Waals surface area contributed by atoms with Gasteiger partial charge in [0.25, 0.3) is 0 Å². The minimum Gasteiger partial charge on any atom is -0.492 e. The number of ether oxygens (including phenoxy) is 3. The largest absolute Gasteiger partial charge is 0.492 e. The Bertz CT molecular complexity index is 672. The van der Waals surface area contributed by atoms with Crippen molar-refractivity contribution in [1.29, 1.82) is 0 Å². The number of hydrogen-bond acceptors (Lipinski definition) is 4. The Morgan fingerprint density at radius 3 is 2.73 bits per heavy atom. The Kier molecular flexibility index (Phi) is 3.39. The van der Waals surface area contributed by atoms with E-state index in [9.17, 15) is 0 Å². The first kappa shape index (κ1) is 13.5. The molecule has 4 heteroatoms. The van der Waals surface area contributed by atoms with Crippen LogP contribution in [0.25, 0.3) is 0 Å². The molecule has 0 amide bonds. The number of hydrogen-bond donors (Lipinski definition) is 1. The molecule has 2 aromatic rings. The van der Waals surface area contributed by atoms with Gasteiger partial charge in [0.15, 0.2) is 11.5 Å². The summed E-state index contributed by atoms with van der Waals surface area (Å²) in [4.78, 5) is 0. The van der Waals surface area contributed by atoms with Crippen LogP contribution in [0.5, 0.6) is 17.2 Å². The maximum absolute atomic E-state index is 5.94. The average Bonchev–Trinajstić information content (AvgIpc) is 2.99. The van der Waals surface area contributed by atoms with Gasteiger partial charge >= 0.3 is 0 Å². The number of fused-ring (bicyclic) bond motifs is 2. The molecular formula is C18H19NO3. The third-order valence-electron chi connectivity index (χ3n) is 4.18. The van der Waals surface area contributed by atoms with Crippen molar-refractivity contribution in [3.8, 4) is 17.2 Å². The van der Waals surface area contributed by atoms with Gasteiger partial charge < -0.3 is 19.5 Å². The number of benzene rings is 2. The van der Waals surface area contributed by atoms with E-state index in [1.807, 2.05) is 30.3 Å². The van der Waals surface area contributed by atoms with E-state index in [4.69, 9.17) is 14.2 Å². The topological polar surface area (TPSA) is 39.7 Å². The summed E-state index contributed by atoms with van der Waals surface area (Å²) in [5, 5.41) is 3.61. The SMILES string of the molecule is CC1Cc2cc3c(cc2C(COc2ccccc2)N1)OCO3. The molecule has 0 aliphatic carbocycles. The molecule has 1 N–H and O–H groups in total. The van der Waals surface area contributed by atoms with Crippen LogP contribution in [0.2, 0.25) is 0 Å². The Labute approximate surface area is 130 Å². The molecule has 0 radical (unpaired) electrons. The molecule has 4 nitrogen and oxygen atoms in total. The molecule has 2 aliphatic rings. The highest BCUT2D eigenvalue weighted by atomic mass is 16.7. The molecule has 0 saturated carbocycles. The lowest BCUT2D eigenvalue weighted by Gasteiger charge is -2.31. The molecule has 0 fully saturated rings. The van der Waals surface area contributed by atoms with Crippen LogP contribution in [-0.2, 0) is 6.42 Å². The van der Waals surface area contributed by atoms with Gasteiger partial charge in [0.2, 0.25) is 6.79 Å². The lowest BCUT2D eigenvalue weighted by Crippen LogP contribution is -2.40. The van der Waals surface area contributed by atoms with Crippen LogP contribution in [0.1, 0.15) is 24.1 Å². The van der Waals surface area contributed by atoms with E-state index in [0.717, 1.165) is 23.7 Å². The molecule has 2 aliphatic heterocycles. The van der Waals surface area contributed by atoms with E-state index >= 15 is 0 Å². The van der Waals surface area contributed by atoms with Crippen molar-refractivity contribution in [3.63, 3.8) is 0 Å². The summed E-state index contributed by atoms with van der Waals surface area (Å²) in [6.07, 6.45) is 0.994. The fourth-order valence-corrected chi connectivity index (χ4v) is 3.16. The van der Waals surface area contributed by atoms with Crippen molar-refractivity contribution in [1.82, 2.24) is 5.32 Å². The molecule has 22 heavy (non-hydrogen) atoms. The van der Waals surface area contributed by atoms with Crippen LogP contribution < -0.4 is 19.5 Å². The second-order valence-corrected chi connectivity index (χ2v) is 5.85. The summed E-state index contributed by atoms with van der Waals surface area (Å²) in [6, 6.07) is 14.7. The van der Waals surface area contributed by atoms with Gasteiger partial charge in [-0.3, -0.25) is 0 Å². The maximum atomic E-state index is 5.94. The number of rotatable bonds is 3. The van der Waals surface area contributed by atoms with Gasteiger partial charge in [-0.05, 0) is 48.7 Å². The molecule has 0 aromatic heterocycles. The van der Waals surface area contributed by atoms with Crippen LogP contribution >= 0.6 is 0 Å². The van der Waals surface area contributed by atoms with Crippen LogP contribution in [0.3, 0.4) is 0 Å². The summed E-state index contributed by atoms with van der Waals surface area (Å²) >= 11 is 0. The summed E-state index contributed by atoms with van der Waals surface area (Å²) in [7, 11) is 0. The molecule has 2 atom stereocenters. The predicted molar refractivity (Wildman–Crippen MR) is 83.5 cm³/mol. The summed E-state index contributed by atoms with van der Waals surface area (Å²) in [5.74, 6) is 2.58. The van der Waals surface area contributed by atoms with E-state index in [1.54, 1.807) is 0 Å². The quantitative estimate of drug-likeness (QED) is 0.945. The molecular weight excluding hydrogens is 278 g/mol. The fraction of sp³-hybridized carbons (Fsp3) is 0.333. The van der Waals surface area contributed by atoms with E-state index in [0.29, 0.717) is 19.4 Å². The monoisotopic (exact) mass is 297 g/mol. The maximum Gasteiger partial charge on any atom is 0.231 e. The smallest absolute Gasteiger partial charge is 0.231 e. The summed E-state index contributed by atoms with van der Waals surface area (Å²) in [6.45, 7) is 3.11. The minimum absolute atomic E-state index is 0.161. The summed E-state index contributed by atoms with van der Waals surface area (Å²) < 4.78 is 16.9. The Balaban J connectivity index is 1.58. The van der Waals surface area contributed by atoms with Crippen molar-refractivity contribution in [2.24, 2.45) is 0 Å². The van der Waals surface area contributed by atoms with E-state index in [1.165, 1.54) is 11.1 Å². The molecule has 4 rings (SSSR count). The van der Waals surface area contributed by atoms with Crippen LogP contribution in [-0.4, -0.2) is 19.4 Å². The lowest BCUT2D eigenvalue weighted by molar-refractivity contribution is 0.174. The van der Waals surface area contributed by atoms with Crippen molar-refractivity contribution < 1.29 is 14.2 Å². The van der Waals surface area contributed by atoms with Crippen molar-refractivity contribution in [3.05, 3.63) is 53.6 Å². The third-order valence-corrected chi connectivity index (χ3v) is 4.18. The molecule has 0 bridgehead atoms. The summed E-state index contributed by atoms with van der Waals surface area (Å²) in [5.41, 5.74) is 2.57. The van der Waals surface area contributed by atoms with Crippen LogP contribution in [0, 0.1) is 0 Å². The van der Waals surface area contributed by atoms with E-state index < -0.39 is 0 Å². The predicted octanol–water partition coefficient (Wildman–Crippen LogP) is 3.07.